The van der Waals surface area contributed by atoms with Gasteiger partial charge in [-0.15, -0.1) is 0 Å². The maximum Gasteiger partial charge on any atom is 0.345 e. The molecule has 0 saturated carbocycles. The summed E-state index contributed by atoms with van der Waals surface area (Å²) >= 11 is 0. The number of hydrogen-bond acceptors (Lipinski definition) is 8. The first-order valence-corrected chi connectivity index (χ1v) is 10.4. The number of ether oxygens (including phenoxy) is 1. The third-order valence-electron chi connectivity index (χ3n) is 5.87. The average molecular weight is 474 g/mol. The first-order chi connectivity index (χ1) is 16.5. The van der Waals surface area contributed by atoms with Gasteiger partial charge in [0.1, 0.15) is 11.1 Å². The summed E-state index contributed by atoms with van der Waals surface area (Å²) in [6, 6.07) is 8.10. The van der Waals surface area contributed by atoms with E-state index in [9.17, 15) is 34.1 Å². The summed E-state index contributed by atoms with van der Waals surface area (Å²) in [4.78, 5) is 76.8. The van der Waals surface area contributed by atoms with Crippen LogP contribution in [-0.4, -0.2) is 45.6 Å². The molecule has 0 amide bonds. The number of H-pyrrole nitrogens is 1. The topological polar surface area (TPSA) is 154 Å². The number of hydrogen-bond donors (Lipinski definition) is 1. The molecule has 0 saturated heterocycles. The van der Waals surface area contributed by atoms with Crippen molar-refractivity contribution in [2.24, 2.45) is 0 Å². The molecule has 0 aliphatic heterocycles. The van der Waals surface area contributed by atoms with Crippen molar-refractivity contribution in [1.82, 2.24) is 4.98 Å². The summed E-state index contributed by atoms with van der Waals surface area (Å²) in [7, 11) is 0. The summed E-state index contributed by atoms with van der Waals surface area (Å²) in [5, 5.41) is 11.9. The molecule has 2 aromatic carbocycles. The second-order valence-corrected chi connectivity index (χ2v) is 8.03. The number of aromatic nitrogens is 1. The molecule has 35 heavy (non-hydrogen) atoms. The smallest absolute Gasteiger partial charge is 0.345 e. The van der Waals surface area contributed by atoms with E-state index in [4.69, 9.17) is 4.74 Å². The van der Waals surface area contributed by atoms with Crippen molar-refractivity contribution in [1.29, 1.82) is 0 Å². The lowest BCUT2D eigenvalue weighted by molar-refractivity contribution is -0.385. The Morgan fingerprint density at radius 3 is 2.17 bits per heavy atom. The fourth-order valence-corrected chi connectivity index (χ4v) is 4.36. The Morgan fingerprint density at radius 1 is 0.971 bits per heavy atom. The van der Waals surface area contributed by atoms with Crippen LogP contribution in [0.2, 0.25) is 0 Å². The van der Waals surface area contributed by atoms with Crippen molar-refractivity contribution in [2.75, 3.05) is 6.61 Å². The molecule has 1 aromatic heterocycles. The molecule has 1 aliphatic carbocycles. The molecule has 10 heteroatoms. The molecule has 0 radical (unpaired) electrons. The third-order valence-corrected chi connectivity index (χ3v) is 5.87. The lowest BCUT2D eigenvalue weighted by Gasteiger charge is -2.18. The van der Waals surface area contributed by atoms with Gasteiger partial charge < -0.3 is 9.72 Å². The zero-order chi connectivity index (χ0) is 25.6. The Bertz CT molecular complexity index is 1500. The number of esters is 1. The molecule has 1 heterocycles. The lowest BCUT2D eigenvalue weighted by Crippen LogP contribution is -2.24. The third kappa shape index (κ3) is 3.74. The first-order valence-electron chi connectivity index (χ1n) is 10.4. The fraction of sp³-hybridized carbons (Fsp3) is 0.160. The van der Waals surface area contributed by atoms with Crippen LogP contribution >= 0.6 is 0 Å². The highest BCUT2D eigenvalue weighted by molar-refractivity contribution is 6.30. The zero-order valence-corrected chi connectivity index (χ0v) is 18.9. The normalized spacial score (nSPS) is 12.1. The van der Waals surface area contributed by atoms with Crippen molar-refractivity contribution in [2.45, 2.75) is 20.8 Å². The number of Topliss-reactive ketones (excluding diaryl/α,β-unsaturated/α-hetero) is 2. The molecule has 0 fully saturated rings. The van der Waals surface area contributed by atoms with Crippen molar-refractivity contribution in [3.63, 3.8) is 0 Å². The number of aryl methyl sites for hydroxylation is 1. The molecular formula is C25H18N2O8. The monoisotopic (exact) mass is 474 g/mol. The molecule has 3 aromatic rings. The predicted octanol–water partition coefficient (Wildman–Crippen LogP) is 3.56. The number of rotatable bonds is 6. The van der Waals surface area contributed by atoms with Crippen molar-refractivity contribution in [3.05, 3.63) is 96.8 Å². The number of nitrogens with zero attached hydrogens (tertiary/aromatic N) is 1. The van der Waals surface area contributed by atoms with Crippen LogP contribution in [0.4, 0.5) is 5.69 Å². The van der Waals surface area contributed by atoms with E-state index < -0.39 is 51.7 Å². The number of aromatic amines is 1. The maximum absolute atomic E-state index is 13.0. The lowest BCUT2D eigenvalue weighted by atomic mass is 9.82. The molecule has 4 rings (SSSR count). The van der Waals surface area contributed by atoms with Crippen molar-refractivity contribution in [3.8, 4) is 0 Å². The van der Waals surface area contributed by atoms with Gasteiger partial charge in [-0.1, -0.05) is 24.3 Å². The maximum atomic E-state index is 13.0. The Labute approximate surface area is 198 Å². The van der Waals surface area contributed by atoms with Gasteiger partial charge in [-0.25, -0.2) is 4.79 Å². The molecular weight excluding hydrogens is 456 g/mol. The number of benzene rings is 2. The predicted molar refractivity (Wildman–Crippen MR) is 121 cm³/mol. The van der Waals surface area contributed by atoms with Crippen LogP contribution < -0.4 is 0 Å². The second-order valence-electron chi connectivity index (χ2n) is 8.03. The molecule has 0 atom stereocenters. The van der Waals surface area contributed by atoms with Crippen LogP contribution in [0.15, 0.2) is 36.4 Å². The molecule has 10 nitrogen and oxygen atoms in total. The van der Waals surface area contributed by atoms with E-state index in [0.717, 1.165) is 12.1 Å². The van der Waals surface area contributed by atoms with E-state index in [-0.39, 0.29) is 28.2 Å². The minimum Gasteiger partial charge on any atom is -0.453 e. The van der Waals surface area contributed by atoms with Crippen LogP contribution in [0.3, 0.4) is 0 Å². The van der Waals surface area contributed by atoms with Crippen molar-refractivity contribution < 1.29 is 33.6 Å². The molecule has 1 aliphatic rings. The summed E-state index contributed by atoms with van der Waals surface area (Å²) in [5.74, 6) is -3.43. The van der Waals surface area contributed by atoms with Gasteiger partial charge in [0.2, 0.25) is 11.6 Å². The van der Waals surface area contributed by atoms with E-state index in [0.29, 0.717) is 16.8 Å². The number of nitro groups is 1. The molecule has 176 valence electrons. The highest BCUT2D eigenvalue weighted by Crippen LogP contribution is 2.35. The van der Waals surface area contributed by atoms with Gasteiger partial charge >= 0.3 is 5.97 Å². The van der Waals surface area contributed by atoms with Gasteiger partial charge in [0, 0.05) is 27.9 Å². The number of carbonyl (C=O) groups excluding carboxylic acids is 5. The van der Waals surface area contributed by atoms with Gasteiger partial charge in [-0.2, -0.15) is 0 Å². The summed E-state index contributed by atoms with van der Waals surface area (Å²) in [6.45, 7) is 3.79. The SMILES string of the molecule is CC(=O)c1c(C)[nH]c(C(=O)COC(=O)c2ccc3c(c2[N+](=O)[O-])C(=O)c2ccccc2C3=O)c1C. The molecule has 0 bridgehead atoms. The number of carbonyl (C=O) groups is 5. The van der Waals surface area contributed by atoms with Gasteiger partial charge in [-0.05, 0) is 38.5 Å². The number of nitro benzene ring substituents is 1. The number of fused-ring (bicyclic) bond motifs is 2. The summed E-state index contributed by atoms with van der Waals surface area (Å²) in [5.41, 5.74) is -0.689. The van der Waals surface area contributed by atoms with Crippen LogP contribution in [0.5, 0.6) is 0 Å². The fourth-order valence-electron chi connectivity index (χ4n) is 4.36. The highest BCUT2D eigenvalue weighted by atomic mass is 16.6. The van der Waals surface area contributed by atoms with E-state index in [2.05, 4.69) is 4.98 Å². The van der Waals surface area contributed by atoms with E-state index in [1.807, 2.05) is 0 Å². The molecule has 1 N–H and O–H groups in total. The largest absolute Gasteiger partial charge is 0.453 e. The minimum atomic E-state index is -1.21. The van der Waals surface area contributed by atoms with Gasteiger partial charge in [0.15, 0.2) is 18.2 Å². The van der Waals surface area contributed by atoms with Gasteiger partial charge in [0.05, 0.1) is 10.6 Å². The summed E-state index contributed by atoms with van der Waals surface area (Å²) < 4.78 is 5.03. The molecule has 0 spiro atoms. The summed E-state index contributed by atoms with van der Waals surface area (Å²) in [6.07, 6.45) is 0. The minimum absolute atomic E-state index is 0.00680. The Kier molecular flexibility index (Phi) is 5.73. The number of ketones is 4. The highest BCUT2D eigenvalue weighted by Gasteiger charge is 2.39. The van der Waals surface area contributed by atoms with Crippen LogP contribution in [-0.2, 0) is 4.74 Å². The van der Waals surface area contributed by atoms with E-state index in [1.165, 1.54) is 25.1 Å². The second kappa shape index (κ2) is 8.56. The Balaban J connectivity index is 1.67. The standard InChI is InChI=1S/C25H18N2O8/c1-11-19(13(3)28)12(2)26-21(11)18(29)10-35-25(32)17-9-8-16-20(22(17)27(33)34)24(31)15-7-5-4-6-14(15)23(16)30/h4-9,26H,10H2,1-3H3. The van der Waals surface area contributed by atoms with Crippen molar-refractivity contribution >= 4 is 34.8 Å². The Hall–Kier alpha value is -4.73. The Morgan fingerprint density at radius 2 is 1.60 bits per heavy atom. The quantitative estimate of drug-likeness (QED) is 0.193. The van der Waals surface area contributed by atoms with Gasteiger partial charge in [0.25, 0.3) is 5.69 Å². The first kappa shape index (κ1) is 23.4. The van der Waals surface area contributed by atoms with Crippen LogP contribution in [0.1, 0.15) is 81.2 Å². The van der Waals surface area contributed by atoms with Gasteiger partial charge in [-0.3, -0.25) is 29.3 Å². The zero-order valence-electron chi connectivity index (χ0n) is 18.9. The average Bonchev–Trinajstić information content (AvgIpc) is 3.13. The molecule has 0 unspecified atom stereocenters. The van der Waals surface area contributed by atoms with E-state index in [1.54, 1.807) is 19.9 Å². The van der Waals surface area contributed by atoms with Crippen LogP contribution in [0, 0.1) is 24.0 Å². The number of nitrogens with one attached hydrogen (secondary N) is 1. The van der Waals surface area contributed by atoms with Crippen LogP contribution in [0.25, 0.3) is 0 Å². The van der Waals surface area contributed by atoms with E-state index >= 15 is 0 Å².